The molecule has 3 aromatic rings. The van der Waals surface area contributed by atoms with Crippen molar-refractivity contribution in [2.75, 3.05) is 36.2 Å². The number of amides is 2. The first-order valence-electron chi connectivity index (χ1n) is 11.9. The average Bonchev–Trinajstić information content (AvgIpc) is 2.80. The summed E-state index contributed by atoms with van der Waals surface area (Å²) in [5, 5.41) is 10.9. The lowest BCUT2D eigenvalue weighted by molar-refractivity contribution is 0.246. The van der Waals surface area contributed by atoms with Crippen LogP contribution in [-0.4, -0.2) is 37.7 Å². The predicted molar refractivity (Wildman–Crippen MR) is 138 cm³/mol. The van der Waals surface area contributed by atoms with E-state index < -0.39 is 0 Å². The number of carbonyl (C=O) groups is 1. The van der Waals surface area contributed by atoms with Crippen molar-refractivity contribution < 1.29 is 4.79 Å². The number of carbonyl (C=O) groups excluding carboxylic acids is 1. The number of rotatable bonds is 6. The van der Waals surface area contributed by atoms with E-state index in [1.54, 1.807) is 0 Å². The number of hydrogen-bond acceptors (Lipinski definition) is 4. The van der Waals surface area contributed by atoms with Crippen molar-refractivity contribution in [2.24, 2.45) is 5.92 Å². The van der Waals surface area contributed by atoms with E-state index in [0.29, 0.717) is 18.5 Å². The Morgan fingerprint density at radius 2 is 1.70 bits per heavy atom. The molecule has 174 valence electrons. The molecule has 1 aromatic heterocycles. The van der Waals surface area contributed by atoms with Crippen molar-refractivity contribution in [1.82, 2.24) is 10.3 Å². The van der Waals surface area contributed by atoms with Gasteiger partial charge in [0.15, 0.2) is 0 Å². The minimum atomic E-state index is -0.121. The monoisotopic (exact) mass is 445 g/mol. The Bertz CT molecular complexity index is 1100. The second-order valence-corrected chi connectivity index (χ2v) is 9.40. The second kappa shape index (κ2) is 10.1. The van der Waals surface area contributed by atoms with Gasteiger partial charge in [-0.05, 0) is 62.6 Å². The molecule has 0 aliphatic heterocycles. The highest BCUT2D eigenvalue weighted by molar-refractivity contribution is 5.93. The van der Waals surface area contributed by atoms with Gasteiger partial charge in [0.05, 0.1) is 5.52 Å². The fourth-order valence-electron chi connectivity index (χ4n) is 4.73. The maximum atomic E-state index is 12.4. The van der Waals surface area contributed by atoms with Crippen LogP contribution in [0.4, 0.5) is 22.0 Å². The smallest absolute Gasteiger partial charge is 0.319 e. The second-order valence-electron chi connectivity index (χ2n) is 9.40. The summed E-state index contributed by atoms with van der Waals surface area (Å²) in [5.74, 6) is 1.45. The molecule has 1 aliphatic carbocycles. The molecule has 1 fully saturated rings. The summed E-state index contributed by atoms with van der Waals surface area (Å²) in [7, 11) is 4.14. The van der Waals surface area contributed by atoms with Crippen molar-refractivity contribution in [3.8, 4) is 0 Å². The molecule has 0 bridgehead atoms. The molecule has 1 aliphatic rings. The highest BCUT2D eigenvalue weighted by Gasteiger charge is 2.22. The number of hydrogen-bond donors (Lipinski definition) is 3. The molecule has 0 spiro atoms. The van der Waals surface area contributed by atoms with Crippen LogP contribution in [0, 0.1) is 19.8 Å². The van der Waals surface area contributed by atoms with Crippen LogP contribution in [0.15, 0.2) is 48.5 Å². The number of para-hydroxylation sites is 2. The SMILES string of the molecule is Cc1cccc(C)c1NC(=O)NCC1CCC(Nc2cc(N(C)C)c3ccccc3n2)CC1. The summed E-state index contributed by atoms with van der Waals surface area (Å²) in [6.07, 6.45) is 4.35. The summed E-state index contributed by atoms with van der Waals surface area (Å²) in [6.45, 7) is 4.74. The van der Waals surface area contributed by atoms with Gasteiger partial charge >= 0.3 is 6.03 Å². The largest absolute Gasteiger partial charge is 0.377 e. The van der Waals surface area contributed by atoms with Crippen molar-refractivity contribution in [2.45, 2.75) is 45.6 Å². The Morgan fingerprint density at radius 3 is 2.39 bits per heavy atom. The van der Waals surface area contributed by atoms with Crippen LogP contribution in [0.2, 0.25) is 0 Å². The van der Waals surface area contributed by atoms with E-state index in [-0.39, 0.29) is 6.03 Å². The van der Waals surface area contributed by atoms with Gasteiger partial charge in [0.2, 0.25) is 0 Å². The van der Waals surface area contributed by atoms with E-state index in [2.05, 4.69) is 59.2 Å². The summed E-state index contributed by atoms with van der Waals surface area (Å²) in [5.41, 5.74) is 5.26. The van der Waals surface area contributed by atoms with Crippen LogP contribution in [0.3, 0.4) is 0 Å². The van der Waals surface area contributed by atoms with Crippen LogP contribution < -0.4 is 20.9 Å². The predicted octanol–water partition coefficient (Wildman–Crippen LogP) is 5.71. The summed E-state index contributed by atoms with van der Waals surface area (Å²) < 4.78 is 0. The lowest BCUT2D eigenvalue weighted by atomic mass is 9.86. The van der Waals surface area contributed by atoms with E-state index in [1.165, 1.54) is 11.1 Å². The molecule has 3 N–H and O–H groups in total. The standard InChI is InChI=1S/C27H35N5O/c1-18-8-7-9-19(2)26(18)31-27(33)28-17-20-12-14-21(15-13-20)29-25-16-24(32(3)4)22-10-5-6-11-23(22)30-25/h5-11,16,20-21H,12-15,17H2,1-4H3,(H,29,30)(H2,28,31,33). The highest BCUT2D eigenvalue weighted by atomic mass is 16.2. The van der Waals surface area contributed by atoms with E-state index in [4.69, 9.17) is 4.98 Å². The first-order valence-corrected chi connectivity index (χ1v) is 11.9. The summed E-state index contributed by atoms with van der Waals surface area (Å²) >= 11 is 0. The van der Waals surface area contributed by atoms with Crippen LogP contribution in [0.5, 0.6) is 0 Å². The number of nitrogens with one attached hydrogen (secondary N) is 3. The van der Waals surface area contributed by atoms with Gasteiger partial charge in [-0.3, -0.25) is 0 Å². The Balaban J connectivity index is 1.28. The van der Waals surface area contributed by atoms with Crippen molar-refractivity contribution in [1.29, 1.82) is 0 Å². The van der Waals surface area contributed by atoms with Gasteiger partial charge in [0.1, 0.15) is 5.82 Å². The van der Waals surface area contributed by atoms with Crippen LogP contribution >= 0.6 is 0 Å². The Kier molecular flexibility index (Phi) is 7.02. The van der Waals surface area contributed by atoms with Gasteiger partial charge < -0.3 is 20.9 Å². The molecule has 0 radical (unpaired) electrons. The minimum Gasteiger partial charge on any atom is -0.377 e. The number of aryl methyl sites for hydroxylation is 2. The molecular weight excluding hydrogens is 410 g/mol. The molecule has 6 heteroatoms. The summed E-state index contributed by atoms with van der Waals surface area (Å²) in [4.78, 5) is 19.4. The molecule has 0 unspecified atom stereocenters. The zero-order valence-electron chi connectivity index (χ0n) is 20.1. The topological polar surface area (TPSA) is 69.3 Å². The third kappa shape index (κ3) is 5.56. The molecule has 0 atom stereocenters. The molecule has 33 heavy (non-hydrogen) atoms. The third-order valence-electron chi connectivity index (χ3n) is 6.65. The average molecular weight is 446 g/mol. The fourth-order valence-corrected chi connectivity index (χ4v) is 4.73. The maximum Gasteiger partial charge on any atom is 0.319 e. The van der Waals surface area contributed by atoms with E-state index in [9.17, 15) is 4.79 Å². The van der Waals surface area contributed by atoms with E-state index >= 15 is 0 Å². The normalized spacial score (nSPS) is 18.1. The minimum absolute atomic E-state index is 0.121. The van der Waals surface area contributed by atoms with Gasteiger partial charge in [-0.15, -0.1) is 0 Å². The zero-order valence-corrected chi connectivity index (χ0v) is 20.1. The van der Waals surface area contributed by atoms with Gasteiger partial charge in [-0.2, -0.15) is 0 Å². The molecule has 2 aromatic carbocycles. The summed E-state index contributed by atoms with van der Waals surface area (Å²) in [6, 6.07) is 16.8. The molecule has 2 amide bonds. The van der Waals surface area contributed by atoms with Crippen molar-refractivity contribution in [3.05, 3.63) is 59.7 Å². The van der Waals surface area contributed by atoms with Crippen molar-refractivity contribution >= 4 is 34.1 Å². The molecule has 1 saturated carbocycles. The lowest BCUT2D eigenvalue weighted by Crippen LogP contribution is -2.36. The molecule has 4 rings (SSSR count). The molecule has 1 heterocycles. The molecular formula is C27H35N5O. The van der Waals surface area contributed by atoms with Gasteiger partial charge in [0, 0.05) is 49.5 Å². The third-order valence-corrected chi connectivity index (χ3v) is 6.65. The molecule has 0 saturated heterocycles. The lowest BCUT2D eigenvalue weighted by Gasteiger charge is -2.30. The Hall–Kier alpha value is -3.28. The van der Waals surface area contributed by atoms with E-state index in [1.807, 2.05) is 38.1 Å². The van der Waals surface area contributed by atoms with E-state index in [0.717, 1.165) is 53.8 Å². The van der Waals surface area contributed by atoms with Gasteiger partial charge in [0.25, 0.3) is 0 Å². The zero-order chi connectivity index (χ0) is 23.4. The van der Waals surface area contributed by atoms with Gasteiger partial charge in [-0.1, -0.05) is 36.4 Å². The Morgan fingerprint density at radius 1 is 1.00 bits per heavy atom. The number of anilines is 3. The Labute approximate surface area is 196 Å². The number of aromatic nitrogens is 1. The maximum absolute atomic E-state index is 12.4. The number of fused-ring (bicyclic) bond motifs is 1. The van der Waals surface area contributed by atoms with Crippen molar-refractivity contribution in [3.63, 3.8) is 0 Å². The first-order chi connectivity index (χ1) is 15.9. The fraction of sp³-hybridized carbons (Fsp3) is 0.407. The number of nitrogens with zero attached hydrogens (tertiary/aromatic N) is 2. The van der Waals surface area contributed by atoms with Crippen LogP contribution in [0.25, 0.3) is 10.9 Å². The number of urea groups is 1. The molecule has 6 nitrogen and oxygen atoms in total. The number of pyridine rings is 1. The van der Waals surface area contributed by atoms with Crippen LogP contribution in [0.1, 0.15) is 36.8 Å². The highest BCUT2D eigenvalue weighted by Crippen LogP contribution is 2.30. The quantitative estimate of drug-likeness (QED) is 0.455. The number of benzene rings is 2. The first kappa shape index (κ1) is 22.9. The van der Waals surface area contributed by atoms with Gasteiger partial charge in [-0.25, -0.2) is 9.78 Å². The van der Waals surface area contributed by atoms with Crippen LogP contribution in [-0.2, 0) is 0 Å².